The SMILES string of the molecule is C[C@H](NC(=O)c1cc(C(=O)N[C@H](C)[C@@H]2C[C@H]3CC[C@H]2C3)n(C)n1)[C@H]1C[C@H]2CC[C@H]1C2. The van der Waals surface area contributed by atoms with Crippen molar-refractivity contribution in [3.8, 4) is 0 Å². The highest BCUT2D eigenvalue weighted by atomic mass is 16.2. The molecular formula is C24H36N4O2. The van der Waals surface area contributed by atoms with E-state index in [-0.39, 0.29) is 23.9 Å². The molecule has 4 aliphatic carbocycles. The third-order valence-corrected chi connectivity index (χ3v) is 8.93. The fourth-order valence-corrected chi connectivity index (χ4v) is 7.38. The van der Waals surface area contributed by atoms with Gasteiger partial charge in [-0.3, -0.25) is 14.3 Å². The first-order chi connectivity index (χ1) is 14.4. The van der Waals surface area contributed by atoms with Crippen molar-refractivity contribution in [3.05, 3.63) is 17.5 Å². The highest BCUT2D eigenvalue weighted by Crippen LogP contribution is 2.50. The number of amides is 2. The average Bonchev–Trinajstić information content (AvgIpc) is 3.53. The molecule has 6 heteroatoms. The fourth-order valence-electron chi connectivity index (χ4n) is 7.38. The molecule has 2 amide bonds. The third kappa shape index (κ3) is 3.56. The van der Waals surface area contributed by atoms with Crippen molar-refractivity contribution in [2.45, 2.75) is 77.3 Å². The highest BCUT2D eigenvalue weighted by molar-refractivity contribution is 5.98. The van der Waals surface area contributed by atoms with Crippen LogP contribution in [0.1, 0.15) is 86.2 Å². The molecular weight excluding hydrogens is 376 g/mol. The molecule has 4 fully saturated rings. The minimum atomic E-state index is -0.166. The van der Waals surface area contributed by atoms with E-state index < -0.39 is 0 Å². The number of hydrogen-bond acceptors (Lipinski definition) is 3. The molecule has 4 aliphatic rings. The Balaban J connectivity index is 1.19. The Hall–Kier alpha value is -1.85. The van der Waals surface area contributed by atoms with Gasteiger partial charge in [-0.1, -0.05) is 12.8 Å². The van der Waals surface area contributed by atoms with Gasteiger partial charge in [0.25, 0.3) is 11.8 Å². The Morgan fingerprint density at radius 1 is 0.900 bits per heavy atom. The molecule has 30 heavy (non-hydrogen) atoms. The monoisotopic (exact) mass is 412 g/mol. The number of hydrogen-bond donors (Lipinski definition) is 2. The summed E-state index contributed by atoms with van der Waals surface area (Å²) in [5.74, 6) is 4.15. The summed E-state index contributed by atoms with van der Waals surface area (Å²) in [6.07, 6.45) is 10.5. The molecule has 0 saturated heterocycles. The number of aryl methyl sites for hydroxylation is 1. The van der Waals surface area contributed by atoms with Gasteiger partial charge in [0.05, 0.1) is 0 Å². The van der Waals surface area contributed by atoms with Gasteiger partial charge in [0, 0.05) is 25.2 Å². The van der Waals surface area contributed by atoms with Crippen molar-refractivity contribution < 1.29 is 9.59 Å². The number of aromatic nitrogens is 2. The van der Waals surface area contributed by atoms with Gasteiger partial charge in [0.1, 0.15) is 5.69 Å². The van der Waals surface area contributed by atoms with Gasteiger partial charge in [0.15, 0.2) is 5.69 Å². The van der Waals surface area contributed by atoms with E-state index >= 15 is 0 Å². The molecule has 4 bridgehead atoms. The molecule has 8 atom stereocenters. The highest BCUT2D eigenvalue weighted by Gasteiger charge is 2.43. The zero-order chi connectivity index (χ0) is 21.0. The summed E-state index contributed by atoms with van der Waals surface area (Å²) in [5, 5.41) is 10.7. The molecule has 6 nitrogen and oxygen atoms in total. The van der Waals surface area contributed by atoms with E-state index in [0.717, 1.165) is 23.7 Å². The van der Waals surface area contributed by atoms with Gasteiger partial charge in [-0.25, -0.2) is 0 Å². The summed E-state index contributed by atoms with van der Waals surface area (Å²) in [7, 11) is 1.74. The maximum Gasteiger partial charge on any atom is 0.272 e. The normalized spacial score (nSPS) is 36.1. The standard InChI is InChI=1S/C24H36N4O2/c1-13(19-10-15-4-6-17(19)8-15)25-23(29)21-12-22(28(3)27-21)24(30)26-14(2)20-11-16-5-7-18(20)9-16/h12-20H,4-11H2,1-3H3,(H,25,29)(H,26,30)/t13-,14+,15-,16-,17-,18-,19+,20-/m0/s1. The second-order valence-corrected chi connectivity index (χ2v) is 10.7. The van der Waals surface area contributed by atoms with Crippen LogP contribution in [0.15, 0.2) is 6.07 Å². The van der Waals surface area contributed by atoms with Crippen LogP contribution in [0.4, 0.5) is 0 Å². The van der Waals surface area contributed by atoms with Gasteiger partial charge in [-0.15, -0.1) is 0 Å². The third-order valence-electron chi connectivity index (χ3n) is 8.93. The predicted octanol–water partition coefficient (Wildman–Crippen LogP) is 3.53. The summed E-state index contributed by atoms with van der Waals surface area (Å²) >= 11 is 0. The largest absolute Gasteiger partial charge is 0.348 e. The number of nitrogens with one attached hydrogen (secondary N) is 2. The lowest BCUT2D eigenvalue weighted by Crippen LogP contribution is -2.40. The van der Waals surface area contributed by atoms with Gasteiger partial charge in [-0.2, -0.15) is 5.10 Å². The molecule has 1 aromatic heterocycles. The Bertz CT molecular complexity index is 833. The second-order valence-electron chi connectivity index (χ2n) is 10.7. The molecule has 1 heterocycles. The van der Waals surface area contributed by atoms with Crippen molar-refractivity contribution in [2.75, 3.05) is 0 Å². The molecule has 5 rings (SSSR count). The Kier molecular flexibility index (Phi) is 5.14. The van der Waals surface area contributed by atoms with Crippen LogP contribution in [-0.4, -0.2) is 33.7 Å². The number of carbonyl (C=O) groups excluding carboxylic acids is 2. The van der Waals surface area contributed by atoms with E-state index in [0.29, 0.717) is 23.2 Å². The number of rotatable bonds is 6. The van der Waals surface area contributed by atoms with Gasteiger partial charge in [-0.05, 0) is 87.9 Å². The lowest BCUT2D eigenvalue weighted by atomic mass is 9.84. The summed E-state index contributed by atoms with van der Waals surface area (Å²) in [4.78, 5) is 25.7. The molecule has 164 valence electrons. The zero-order valence-corrected chi connectivity index (χ0v) is 18.6. The molecule has 4 saturated carbocycles. The number of nitrogens with zero attached hydrogens (tertiary/aromatic N) is 2. The van der Waals surface area contributed by atoms with Crippen molar-refractivity contribution in [1.82, 2.24) is 20.4 Å². The van der Waals surface area contributed by atoms with Crippen LogP contribution in [0.25, 0.3) is 0 Å². The van der Waals surface area contributed by atoms with E-state index in [4.69, 9.17) is 0 Å². The summed E-state index contributed by atoms with van der Waals surface area (Å²) < 4.78 is 1.54. The maximum absolute atomic E-state index is 12.9. The van der Waals surface area contributed by atoms with Crippen molar-refractivity contribution in [2.24, 2.45) is 42.6 Å². The minimum Gasteiger partial charge on any atom is -0.348 e. The molecule has 0 spiro atoms. The lowest BCUT2D eigenvalue weighted by molar-refractivity contribution is 0.0899. The van der Waals surface area contributed by atoms with Gasteiger partial charge >= 0.3 is 0 Å². The van der Waals surface area contributed by atoms with E-state index in [2.05, 4.69) is 29.6 Å². The molecule has 0 aromatic carbocycles. The maximum atomic E-state index is 12.9. The van der Waals surface area contributed by atoms with E-state index in [1.165, 1.54) is 51.4 Å². The van der Waals surface area contributed by atoms with Crippen LogP contribution in [0.3, 0.4) is 0 Å². The first-order valence-electron chi connectivity index (χ1n) is 12.0. The molecule has 1 aromatic rings. The smallest absolute Gasteiger partial charge is 0.272 e. The molecule has 0 aliphatic heterocycles. The zero-order valence-electron chi connectivity index (χ0n) is 18.6. The topological polar surface area (TPSA) is 76.0 Å². The quantitative estimate of drug-likeness (QED) is 0.750. The molecule has 0 unspecified atom stereocenters. The van der Waals surface area contributed by atoms with Crippen LogP contribution < -0.4 is 10.6 Å². The van der Waals surface area contributed by atoms with Crippen LogP contribution in [0.2, 0.25) is 0 Å². The lowest BCUT2D eigenvalue weighted by Gasteiger charge is -2.28. The van der Waals surface area contributed by atoms with Crippen LogP contribution >= 0.6 is 0 Å². The fraction of sp³-hybridized carbons (Fsp3) is 0.792. The van der Waals surface area contributed by atoms with E-state index in [1.54, 1.807) is 17.8 Å². The first-order valence-corrected chi connectivity index (χ1v) is 12.0. The minimum absolute atomic E-state index is 0.125. The average molecular weight is 413 g/mol. The Labute approximate surface area is 179 Å². The summed E-state index contributed by atoms with van der Waals surface area (Å²) in [6, 6.07) is 1.97. The number of fused-ring (bicyclic) bond motifs is 4. The molecule has 2 N–H and O–H groups in total. The Morgan fingerprint density at radius 3 is 1.90 bits per heavy atom. The summed E-state index contributed by atoms with van der Waals surface area (Å²) in [5.41, 5.74) is 0.799. The summed E-state index contributed by atoms with van der Waals surface area (Å²) in [6.45, 7) is 4.25. The van der Waals surface area contributed by atoms with Crippen molar-refractivity contribution >= 4 is 11.8 Å². The van der Waals surface area contributed by atoms with Crippen LogP contribution in [0, 0.1) is 35.5 Å². The predicted molar refractivity (Wildman–Crippen MR) is 115 cm³/mol. The molecule has 0 radical (unpaired) electrons. The second kappa shape index (κ2) is 7.69. The van der Waals surface area contributed by atoms with Crippen molar-refractivity contribution in [1.29, 1.82) is 0 Å². The Morgan fingerprint density at radius 2 is 1.43 bits per heavy atom. The van der Waals surface area contributed by atoms with Gasteiger partial charge < -0.3 is 10.6 Å². The number of carbonyl (C=O) groups is 2. The van der Waals surface area contributed by atoms with E-state index in [1.807, 2.05) is 0 Å². The van der Waals surface area contributed by atoms with Crippen LogP contribution in [0.5, 0.6) is 0 Å². The van der Waals surface area contributed by atoms with E-state index in [9.17, 15) is 9.59 Å². The van der Waals surface area contributed by atoms with Crippen molar-refractivity contribution in [3.63, 3.8) is 0 Å². The van der Waals surface area contributed by atoms with Gasteiger partial charge in [0.2, 0.25) is 0 Å². The van der Waals surface area contributed by atoms with Crippen LogP contribution in [-0.2, 0) is 7.05 Å². The first kappa shape index (κ1) is 20.1.